The normalized spacial score (nSPS) is 10.7. The highest BCUT2D eigenvalue weighted by atomic mass is 19.1. The molecule has 3 rings (SSSR count). The van der Waals surface area contributed by atoms with E-state index in [9.17, 15) is 13.6 Å². The fourth-order valence-electron chi connectivity index (χ4n) is 2.57. The largest absolute Gasteiger partial charge is 0.354 e. The van der Waals surface area contributed by atoms with E-state index in [0.717, 1.165) is 34.4 Å². The van der Waals surface area contributed by atoms with Gasteiger partial charge in [0.15, 0.2) is 0 Å². The fraction of sp³-hybridized carbons (Fsp3) is 0.105. The van der Waals surface area contributed by atoms with Gasteiger partial charge in [0.05, 0.1) is 0 Å². The number of H-pyrrole nitrogens is 1. The molecule has 2 nitrogen and oxygen atoms in total. The Balaban J connectivity index is 2.04. The van der Waals surface area contributed by atoms with Crippen LogP contribution in [-0.4, -0.2) is 11.3 Å². The van der Waals surface area contributed by atoms with E-state index in [4.69, 9.17) is 0 Å². The number of hydrogen-bond acceptors (Lipinski definition) is 1. The van der Waals surface area contributed by atoms with Crippen molar-refractivity contribution in [3.05, 3.63) is 71.8 Å². The van der Waals surface area contributed by atoms with Gasteiger partial charge in [-0.15, -0.1) is 0 Å². The van der Waals surface area contributed by atoms with Crippen LogP contribution in [0.15, 0.2) is 54.6 Å². The van der Waals surface area contributed by atoms with Crippen molar-refractivity contribution in [2.75, 3.05) is 0 Å². The lowest BCUT2D eigenvalue weighted by Gasteiger charge is -2.03. The Kier molecular flexibility index (Phi) is 4.33. The number of aromatic nitrogens is 1. The number of halogens is 2. The quantitative estimate of drug-likeness (QED) is 0.677. The minimum atomic E-state index is -0.298. The van der Waals surface area contributed by atoms with Gasteiger partial charge in [-0.05, 0) is 77.7 Å². The van der Waals surface area contributed by atoms with Crippen molar-refractivity contribution in [1.82, 2.24) is 4.98 Å². The van der Waals surface area contributed by atoms with Gasteiger partial charge in [0, 0.05) is 17.8 Å². The summed E-state index contributed by atoms with van der Waals surface area (Å²) >= 11 is 0. The van der Waals surface area contributed by atoms with Crippen LogP contribution in [0.4, 0.5) is 8.78 Å². The number of carbonyl (C=O) groups excluding carboxylic acids is 1. The Morgan fingerprint density at radius 2 is 1.43 bits per heavy atom. The van der Waals surface area contributed by atoms with Gasteiger partial charge in [-0.1, -0.05) is 0 Å². The third kappa shape index (κ3) is 3.37. The number of carbonyl (C=O) groups is 1. The second kappa shape index (κ2) is 6.57. The minimum Gasteiger partial charge on any atom is -0.354 e. The molecule has 1 heterocycles. The molecule has 23 heavy (non-hydrogen) atoms. The SMILES string of the molecule is O=CCCc1cc(-c2ccc(F)cc2)[nH]c1-c1ccc(F)cc1. The van der Waals surface area contributed by atoms with Crippen molar-refractivity contribution in [1.29, 1.82) is 0 Å². The van der Waals surface area contributed by atoms with Crippen molar-refractivity contribution in [3.8, 4) is 22.5 Å². The molecule has 0 saturated carbocycles. The topological polar surface area (TPSA) is 32.9 Å². The monoisotopic (exact) mass is 311 g/mol. The number of aryl methyl sites for hydroxylation is 1. The molecule has 3 aromatic rings. The van der Waals surface area contributed by atoms with Crippen LogP contribution in [-0.2, 0) is 11.2 Å². The lowest BCUT2D eigenvalue weighted by Crippen LogP contribution is -1.88. The van der Waals surface area contributed by atoms with Crippen LogP contribution in [0.1, 0.15) is 12.0 Å². The van der Waals surface area contributed by atoms with Gasteiger partial charge in [0.1, 0.15) is 17.9 Å². The Bertz CT molecular complexity index is 804. The smallest absolute Gasteiger partial charge is 0.123 e. The number of aromatic amines is 1. The second-order valence-corrected chi connectivity index (χ2v) is 5.30. The predicted molar refractivity (Wildman–Crippen MR) is 86.0 cm³/mol. The maximum absolute atomic E-state index is 13.1. The zero-order valence-electron chi connectivity index (χ0n) is 12.4. The molecule has 0 unspecified atom stereocenters. The number of aldehydes is 1. The molecule has 0 radical (unpaired) electrons. The molecule has 0 atom stereocenters. The third-order valence-corrected chi connectivity index (χ3v) is 3.72. The van der Waals surface area contributed by atoms with Crippen LogP contribution in [0.25, 0.3) is 22.5 Å². The van der Waals surface area contributed by atoms with Crippen LogP contribution < -0.4 is 0 Å². The maximum Gasteiger partial charge on any atom is 0.123 e. The third-order valence-electron chi connectivity index (χ3n) is 3.72. The summed E-state index contributed by atoms with van der Waals surface area (Å²) in [7, 11) is 0. The molecule has 0 saturated heterocycles. The summed E-state index contributed by atoms with van der Waals surface area (Å²) in [5, 5.41) is 0. The molecule has 116 valence electrons. The average molecular weight is 311 g/mol. The molecular formula is C19H15F2NO. The van der Waals surface area contributed by atoms with E-state index in [0.29, 0.717) is 12.8 Å². The Morgan fingerprint density at radius 3 is 2.00 bits per heavy atom. The van der Waals surface area contributed by atoms with Gasteiger partial charge in [-0.2, -0.15) is 0 Å². The lowest BCUT2D eigenvalue weighted by atomic mass is 10.0. The molecule has 0 bridgehead atoms. The molecule has 0 aliphatic heterocycles. The molecule has 4 heteroatoms. The van der Waals surface area contributed by atoms with Crippen molar-refractivity contribution >= 4 is 6.29 Å². The number of hydrogen-bond donors (Lipinski definition) is 1. The summed E-state index contributed by atoms with van der Waals surface area (Å²) in [6, 6.07) is 14.3. The van der Waals surface area contributed by atoms with Crippen LogP contribution >= 0.6 is 0 Å². The van der Waals surface area contributed by atoms with E-state index in [2.05, 4.69) is 4.98 Å². The van der Waals surface area contributed by atoms with E-state index in [-0.39, 0.29) is 11.6 Å². The Hall–Kier alpha value is -2.75. The van der Waals surface area contributed by atoms with Crippen LogP contribution in [0.2, 0.25) is 0 Å². The molecule has 1 aromatic heterocycles. The van der Waals surface area contributed by atoms with E-state index in [1.54, 1.807) is 24.3 Å². The first-order valence-corrected chi connectivity index (χ1v) is 7.35. The van der Waals surface area contributed by atoms with Gasteiger partial charge in [-0.25, -0.2) is 8.78 Å². The minimum absolute atomic E-state index is 0.291. The molecular weight excluding hydrogens is 296 g/mol. The number of benzene rings is 2. The van der Waals surface area contributed by atoms with Gasteiger partial charge >= 0.3 is 0 Å². The zero-order chi connectivity index (χ0) is 16.2. The molecule has 0 amide bonds. The first kappa shape index (κ1) is 15.2. The van der Waals surface area contributed by atoms with Crippen LogP contribution in [0.5, 0.6) is 0 Å². The molecule has 0 fully saturated rings. The lowest BCUT2D eigenvalue weighted by molar-refractivity contribution is -0.107. The summed E-state index contributed by atoms with van der Waals surface area (Å²) < 4.78 is 26.2. The first-order valence-electron chi connectivity index (χ1n) is 7.35. The highest BCUT2D eigenvalue weighted by molar-refractivity contribution is 5.72. The van der Waals surface area contributed by atoms with Crippen molar-refractivity contribution in [2.45, 2.75) is 12.8 Å². The van der Waals surface area contributed by atoms with E-state index < -0.39 is 0 Å². The van der Waals surface area contributed by atoms with Gasteiger partial charge in [-0.3, -0.25) is 0 Å². The first-order chi connectivity index (χ1) is 11.2. The summed E-state index contributed by atoms with van der Waals surface area (Å²) in [5.41, 5.74) is 4.37. The molecule has 0 aliphatic carbocycles. The van der Waals surface area contributed by atoms with E-state index >= 15 is 0 Å². The summed E-state index contributed by atoms with van der Waals surface area (Å²) in [4.78, 5) is 14.0. The van der Waals surface area contributed by atoms with Crippen molar-refractivity contribution in [3.63, 3.8) is 0 Å². The highest BCUT2D eigenvalue weighted by Crippen LogP contribution is 2.30. The summed E-state index contributed by atoms with van der Waals surface area (Å²) in [5.74, 6) is -0.589. The number of nitrogens with one attached hydrogen (secondary N) is 1. The molecule has 2 aromatic carbocycles. The second-order valence-electron chi connectivity index (χ2n) is 5.30. The molecule has 1 N–H and O–H groups in total. The van der Waals surface area contributed by atoms with Crippen LogP contribution in [0.3, 0.4) is 0 Å². The predicted octanol–water partition coefficient (Wildman–Crippen LogP) is 4.76. The molecule has 0 spiro atoms. The van der Waals surface area contributed by atoms with Gasteiger partial charge in [0.25, 0.3) is 0 Å². The average Bonchev–Trinajstić information content (AvgIpc) is 2.98. The highest BCUT2D eigenvalue weighted by Gasteiger charge is 2.11. The van der Waals surface area contributed by atoms with E-state index in [1.807, 2.05) is 6.07 Å². The van der Waals surface area contributed by atoms with Gasteiger partial charge in [0.2, 0.25) is 0 Å². The van der Waals surface area contributed by atoms with Crippen LogP contribution in [0, 0.1) is 11.6 Å². The Labute approximate surface area is 132 Å². The Morgan fingerprint density at radius 1 is 0.870 bits per heavy atom. The van der Waals surface area contributed by atoms with Gasteiger partial charge < -0.3 is 9.78 Å². The van der Waals surface area contributed by atoms with Crippen molar-refractivity contribution in [2.24, 2.45) is 0 Å². The maximum atomic E-state index is 13.1. The van der Waals surface area contributed by atoms with Crippen molar-refractivity contribution < 1.29 is 13.6 Å². The number of rotatable bonds is 5. The fourth-order valence-corrected chi connectivity index (χ4v) is 2.57. The standard InChI is InChI=1S/C19H15F2NO/c20-16-7-3-13(4-8-16)18-12-15(2-1-11-23)19(22-18)14-5-9-17(21)10-6-14/h3-12,22H,1-2H2. The summed E-state index contributed by atoms with van der Waals surface area (Å²) in [6.07, 6.45) is 1.88. The summed E-state index contributed by atoms with van der Waals surface area (Å²) in [6.45, 7) is 0. The molecule has 0 aliphatic rings. The van der Waals surface area contributed by atoms with E-state index in [1.165, 1.54) is 24.3 Å². The zero-order valence-corrected chi connectivity index (χ0v) is 12.4.